The summed E-state index contributed by atoms with van der Waals surface area (Å²) in [5.74, 6) is -0.0225. The lowest BCUT2D eigenvalue weighted by atomic mass is 10.3. The van der Waals surface area contributed by atoms with Crippen molar-refractivity contribution >= 4 is 5.91 Å². The van der Waals surface area contributed by atoms with E-state index in [2.05, 4.69) is 6.58 Å². The molecule has 0 saturated carbocycles. The Labute approximate surface area is 66.6 Å². The fraction of sp³-hybridized carbons (Fsp3) is 0.625. The summed E-state index contributed by atoms with van der Waals surface area (Å²) in [6, 6.07) is 0. The maximum absolute atomic E-state index is 10.9. The Balaban J connectivity index is 2.12. The van der Waals surface area contributed by atoms with Gasteiger partial charge in [0.15, 0.2) is 0 Å². The van der Waals surface area contributed by atoms with E-state index in [-0.39, 0.29) is 5.91 Å². The van der Waals surface area contributed by atoms with Crippen molar-refractivity contribution in [3.8, 4) is 0 Å². The van der Waals surface area contributed by atoms with Gasteiger partial charge in [-0.1, -0.05) is 6.58 Å². The molecule has 1 aliphatic rings. The zero-order valence-corrected chi connectivity index (χ0v) is 6.75. The van der Waals surface area contributed by atoms with E-state index < -0.39 is 0 Å². The van der Waals surface area contributed by atoms with Crippen LogP contribution in [0.4, 0.5) is 0 Å². The van der Waals surface area contributed by atoms with Gasteiger partial charge in [0.1, 0.15) is 0 Å². The predicted octanol–water partition coefficient (Wildman–Crippen LogP) is 0.420. The highest BCUT2D eigenvalue weighted by Gasteiger charge is 2.22. The number of hydrogen-bond acceptors (Lipinski definition) is 2. The smallest absolute Gasteiger partial charge is 0.245 e. The molecular formula is C8H13NO2. The third-order valence-electron chi connectivity index (χ3n) is 1.74. The summed E-state index contributed by atoms with van der Waals surface area (Å²) in [6.07, 6.45) is 2.67. The van der Waals surface area contributed by atoms with Crippen LogP contribution in [-0.2, 0) is 9.53 Å². The number of nitrogens with zero attached hydrogens (tertiary/aromatic N) is 1. The van der Waals surface area contributed by atoms with E-state index in [0.717, 1.165) is 19.6 Å². The Hall–Kier alpha value is -0.830. The van der Waals surface area contributed by atoms with Crippen LogP contribution in [-0.4, -0.2) is 37.1 Å². The maximum Gasteiger partial charge on any atom is 0.245 e. The topological polar surface area (TPSA) is 32.8 Å². The largest absolute Gasteiger partial charge is 0.373 e. The highest BCUT2D eigenvalue weighted by atomic mass is 16.6. The molecular weight excluding hydrogens is 142 g/mol. The summed E-state index contributed by atoms with van der Waals surface area (Å²) in [7, 11) is 1.77. The molecule has 0 N–H and O–H groups in total. The van der Waals surface area contributed by atoms with Crippen LogP contribution in [0.15, 0.2) is 12.7 Å². The number of carbonyl (C=O) groups excluding carboxylic acids is 1. The second kappa shape index (κ2) is 3.53. The molecule has 1 rings (SSSR count). The molecule has 1 fully saturated rings. The van der Waals surface area contributed by atoms with Crippen molar-refractivity contribution in [2.45, 2.75) is 12.5 Å². The minimum absolute atomic E-state index is 0.0225. The standard InChI is InChI=1S/C8H13NO2/c1-3-8(10)9(2)5-4-7-6-11-7/h3,7H,1,4-6H2,2H3. The van der Waals surface area contributed by atoms with Gasteiger partial charge in [0, 0.05) is 13.6 Å². The van der Waals surface area contributed by atoms with Crippen molar-refractivity contribution in [2.24, 2.45) is 0 Å². The predicted molar refractivity (Wildman–Crippen MR) is 42.2 cm³/mol. The number of ether oxygens (including phenoxy) is 1. The lowest BCUT2D eigenvalue weighted by Gasteiger charge is -2.13. The third-order valence-corrected chi connectivity index (χ3v) is 1.74. The van der Waals surface area contributed by atoms with Crippen LogP contribution in [0.2, 0.25) is 0 Å². The Morgan fingerprint density at radius 1 is 1.91 bits per heavy atom. The Bertz CT molecular complexity index is 163. The van der Waals surface area contributed by atoms with Gasteiger partial charge in [0.2, 0.25) is 5.91 Å². The zero-order chi connectivity index (χ0) is 8.27. The van der Waals surface area contributed by atoms with Gasteiger partial charge in [-0.2, -0.15) is 0 Å². The monoisotopic (exact) mass is 155 g/mol. The lowest BCUT2D eigenvalue weighted by Crippen LogP contribution is -2.26. The third kappa shape index (κ3) is 2.72. The summed E-state index contributed by atoms with van der Waals surface area (Å²) in [5.41, 5.74) is 0. The molecule has 1 aliphatic heterocycles. The zero-order valence-electron chi connectivity index (χ0n) is 6.75. The van der Waals surface area contributed by atoms with E-state index in [9.17, 15) is 4.79 Å². The van der Waals surface area contributed by atoms with E-state index in [1.165, 1.54) is 6.08 Å². The first kappa shape index (κ1) is 8.27. The van der Waals surface area contributed by atoms with Crippen molar-refractivity contribution in [1.82, 2.24) is 4.90 Å². The van der Waals surface area contributed by atoms with E-state index >= 15 is 0 Å². The molecule has 0 aromatic rings. The summed E-state index contributed by atoms with van der Waals surface area (Å²) < 4.78 is 5.01. The van der Waals surface area contributed by atoms with E-state index in [4.69, 9.17) is 4.74 Å². The molecule has 1 saturated heterocycles. The highest BCUT2D eigenvalue weighted by molar-refractivity contribution is 5.86. The Morgan fingerprint density at radius 2 is 2.55 bits per heavy atom. The van der Waals surface area contributed by atoms with Crippen LogP contribution in [0, 0.1) is 0 Å². The van der Waals surface area contributed by atoms with Gasteiger partial charge >= 0.3 is 0 Å². The first-order chi connectivity index (χ1) is 5.24. The van der Waals surface area contributed by atoms with E-state index in [1.807, 2.05) is 0 Å². The minimum atomic E-state index is -0.0225. The molecule has 62 valence electrons. The molecule has 1 unspecified atom stereocenters. The Kier molecular flexibility index (Phi) is 2.65. The van der Waals surface area contributed by atoms with Crippen molar-refractivity contribution in [1.29, 1.82) is 0 Å². The van der Waals surface area contributed by atoms with Crippen LogP contribution in [0.5, 0.6) is 0 Å². The van der Waals surface area contributed by atoms with Crippen LogP contribution >= 0.6 is 0 Å². The average molecular weight is 155 g/mol. The fourth-order valence-corrected chi connectivity index (χ4v) is 0.838. The molecule has 0 aromatic carbocycles. The summed E-state index contributed by atoms with van der Waals surface area (Å²) in [6.45, 7) is 5.02. The average Bonchev–Trinajstić information content (AvgIpc) is 2.81. The highest BCUT2D eigenvalue weighted by Crippen LogP contribution is 2.13. The van der Waals surface area contributed by atoms with Gasteiger partial charge in [-0.3, -0.25) is 4.79 Å². The molecule has 1 amide bonds. The number of likely N-dealkylation sites (N-methyl/N-ethyl adjacent to an activating group) is 1. The SMILES string of the molecule is C=CC(=O)N(C)CCC1CO1. The number of epoxide rings is 1. The molecule has 1 heterocycles. The number of carbonyl (C=O) groups is 1. The molecule has 0 radical (unpaired) electrons. The van der Waals surface area contributed by atoms with Crippen molar-refractivity contribution in [3.63, 3.8) is 0 Å². The first-order valence-electron chi connectivity index (χ1n) is 3.73. The lowest BCUT2D eigenvalue weighted by molar-refractivity contribution is -0.124. The van der Waals surface area contributed by atoms with E-state index in [0.29, 0.717) is 6.10 Å². The second-order valence-electron chi connectivity index (χ2n) is 2.71. The number of rotatable bonds is 4. The molecule has 0 aliphatic carbocycles. The van der Waals surface area contributed by atoms with Gasteiger partial charge in [-0.25, -0.2) is 0 Å². The van der Waals surface area contributed by atoms with Gasteiger partial charge in [-0.05, 0) is 12.5 Å². The molecule has 0 aromatic heterocycles. The second-order valence-corrected chi connectivity index (χ2v) is 2.71. The first-order valence-corrected chi connectivity index (χ1v) is 3.73. The van der Waals surface area contributed by atoms with Crippen molar-refractivity contribution in [3.05, 3.63) is 12.7 Å². The summed E-state index contributed by atoms with van der Waals surface area (Å²) in [5, 5.41) is 0. The van der Waals surface area contributed by atoms with Crippen LogP contribution in [0.25, 0.3) is 0 Å². The van der Waals surface area contributed by atoms with Crippen LogP contribution in [0.3, 0.4) is 0 Å². The minimum Gasteiger partial charge on any atom is -0.373 e. The van der Waals surface area contributed by atoms with E-state index in [1.54, 1.807) is 11.9 Å². The van der Waals surface area contributed by atoms with Crippen LogP contribution < -0.4 is 0 Å². The quantitative estimate of drug-likeness (QED) is 0.435. The van der Waals surface area contributed by atoms with Gasteiger partial charge in [-0.15, -0.1) is 0 Å². The molecule has 11 heavy (non-hydrogen) atoms. The maximum atomic E-state index is 10.9. The Morgan fingerprint density at radius 3 is 3.00 bits per heavy atom. The normalized spacial score (nSPS) is 21.0. The summed E-state index contributed by atoms with van der Waals surface area (Å²) >= 11 is 0. The number of hydrogen-bond donors (Lipinski definition) is 0. The molecule has 0 bridgehead atoms. The molecule has 3 nitrogen and oxygen atoms in total. The van der Waals surface area contributed by atoms with Crippen molar-refractivity contribution in [2.75, 3.05) is 20.2 Å². The molecule has 1 atom stereocenters. The molecule has 3 heteroatoms. The van der Waals surface area contributed by atoms with Gasteiger partial charge < -0.3 is 9.64 Å². The number of amides is 1. The van der Waals surface area contributed by atoms with Crippen molar-refractivity contribution < 1.29 is 9.53 Å². The fourth-order valence-electron chi connectivity index (χ4n) is 0.838. The van der Waals surface area contributed by atoms with Gasteiger partial charge in [0.05, 0.1) is 12.7 Å². The van der Waals surface area contributed by atoms with Crippen LogP contribution in [0.1, 0.15) is 6.42 Å². The molecule has 0 spiro atoms. The van der Waals surface area contributed by atoms with Gasteiger partial charge in [0.25, 0.3) is 0 Å². The summed E-state index contributed by atoms with van der Waals surface area (Å²) in [4.78, 5) is 12.6.